The van der Waals surface area contributed by atoms with Gasteiger partial charge in [0.2, 0.25) is 5.91 Å². The van der Waals surface area contributed by atoms with Crippen molar-refractivity contribution in [2.24, 2.45) is 0 Å². The molecule has 1 unspecified atom stereocenters. The third-order valence-corrected chi connectivity index (χ3v) is 5.17. The second-order valence-electron chi connectivity index (χ2n) is 6.26. The van der Waals surface area contributed by atoms with E-state index in [9.17, 15) is 14.4 Å². The Kier molecular flexibility index (Phi) is 5.08. The van der Waals surface area contributed by atoms with Crippen LogP contribution in [-0.2, 0) is 9.59 Å². The molecular weight excluding hydrogens is 282 g/mol. The van der Waals surface area contributed by atoms with Crippen molar-refractivity contribution >= 4 is 17.8 Å². The SMILES string of the molecule is CCC1CCCCN1C(=O)CN1C(=O)NC(CC)(CC)C1=O. The minimum atomic E-state index is -0.830. The number of carbonyl (C=O) groups excluding carboxylic acids is 3. The third kappa shape index (κ3) is 2.83. The molecule has 4 amide bonds. The molecule has 2 fully saturated rings. The fraction of sp³-hybridized carbons (Fsp3) is 0.812. The molecule has 1 atom stereocenters. The van der Waals surface area contributed by atoms with Crippen LogP contribution in [0.15, 0.2) is 0 Å². The number of hydrogen-bond donors (Lipinski definition) is 1. The molecule has 0 aromatic heterocycles. The summed E-state index contributed by atoms with van der Waals surface area (Å²) in [6.07, 6.45) is 5.15. The lowest BCUT2D eigenvalue weighted by Gasteiger charge is -2.36. The topological polar surface area (TPSA) is 69.7 Å². The predicted molar refractivity (Wildman–Crippen MR) is 83.2 cm³/mol. The molecule has 0 bridgehead atoms. The first-order valence-electron chi connectivity index (χ1n) is 8.42. The van der Waals surface area contributed by atoms with Crippen molar-refractivity contribution in [3.8, 4) is 0 Å². The van der Waals surface area contributed by atoms with E-state index in [-0.39, 0.29) is 24.4 Å². The summed E-state index contributed by atoms with van der Waals surface area (Å²) >= 11 is 0. The van der Waals surface area contributed by atoms with Crippen molar-refractivity contribution in [1.82, 2.24) is 15.1 Å². The molecule has 0 radical (unpaired) electrons. The minimum Gasteiger partial charge on any atom is -0.338 e. The molecule has 0 aromatic carbocycles. The quantitative estimate of drug-likeness (QED) is 0.788. The molecule has 124 valence electrons. The fourth-order valence-corrected chi connectivity index (χ4v) is 3.53. The van der Waals surface area contributed by atoms with Gasteiger partial charge in [-0.15, -0.1) is 0 Å². The third-order valence-electron chi connectivity index (χ3n) is 5.17. The second-order valence-corrected chi connectivity index (χ2v) is 6.26. The van der Waals surface area contributed by atoms with Gasteiger partial charge in [-0.1, -0.05) is 20.8 Å². The Balaban J connectivity index is 2.08. The van der Waals surface area contributed by atoms with Crippen molar-refractivity contribution in [2.45, 2.75) is 70.9 Å². The van der Waals surface area contributed by atoms with Gasteiger partial charge >= 0.3 is 6.03 Å². The van der Waals surface area contributed by atoms with Crippen LogP contribution in [0.4, 0.5) is 4.79 Å². The van der Waals surface area contributed by atoms with E-state index < -0.39 is 11.6 Å². The van der Waals surface area contributed by atoms with Crippen LogP contribution in [0.25, 0.3) is 0 Å². The lowest BCUT2D eigenvalue weighted by atomic mass is 9.93. The van der Waals surface area contributed by atoms with Crippen LogP contribution in [-0.4, -0.2) is 52.3 Å². The summed E-state index contributed by atoms with van der Waals surface area (Å²) in [7, 11) is 0. The maximum absolute atomic E-state index is 12.6. The highest BCUT2D eigenvalue weighted by Crippen LogP contribution is 2.26. The molecule has 0 aliphatic carbocycles. The zero-order chi connectivity index (χ0) is 16.3. The Hall–Kier alpha value is -1.59. The summed E-state index contributed by atoms with van der Waals surface area (Å²) < 4.78 is 0. The van der Waals surface area contributed by atoms with Crippen LogP contribution in [0, 0.1) is 0 Å². The van der Waals surface area contributed by atoms with E-state index in [0.29, 0.717) is 12.8 Å². The summed E-state index contributed by atoms with van der Waals surface area (Å²) in [5, 5.41) is 2.77. The number of rotatable bonds is 5. The zero-order valence-corrected chi connectivity index (χ0v) is 13.9. The molecule has 22 heavy (non-hydrogen) atoms. The lowest BCUT2D eigenvalue weighted by Crippen LogP contribution is -2.50. The van der Waals surface area contributed by atoms with Crippen molar-refractivity contribution < 1.29 is 14.4 Å². The first-order valence-corrected chi connectivity index (χ1v) is 8.42. The van der Waals surface area contributed by atoms with E-state index in [2.05, 4.69) is 12.2 Å². The Morgan fingerprint density at radius 2 is 1.91 bits per heavy atom. The Labute approximate surface area is 132 Å². The number of piperidine rings is 1. The molecule has 0 spiro atoms. The number of amides is 4. The number of likely N-dealkylation sites (tertiary alicyclic amines) is 1. The summed E-state index contributed by atoms with van der Waals surface area (Å²) in [6.45, 7) is 6.43. The molecule has 0 aromatic rings. The van der Waals surface area contributed by atoms with E-state index in [4.69, 9.17) is 0 Å². The smallest absolute Gasteiger partial charge is 0.325 e. The molecule has 2 aliphatic heterocycles. The van der Waals surface area contributed by atoms with Gasteiger partial charge in [-0.05, 0) is 38.5 Å². The first-order chi connectivity index (χ1) is 10.5. The molecule has 2 aliphatic rings. The van der Waals surface area contributed by atoms with Crippen molar-refractivity contribution in [3.63, 3.8) is 0 Å². The normalized spacial score (nSPS) is 24.6. The standard InChI is InChI=1S/C16H27N3O3/c1-4-12-9-7-8-10-18(12)13(20)11-19-14(21)16(5-2,6-3)17-15(19)22/h12H,4-11H2,1-3H3,(H,17,22). The highest BCUT2D eigenvalue weighted by molar-refractivity contribution is 6.09. The molecule has 2 heterocycles. The van der Waals surface area contributed by atoms with Crippen LogP contribution in [0.5, 0.6) is 0 Å². The minimum absolute atomic E-state index is 0.113. The molecule has 0 saturated carbocycles. The molecule has 1 N–H and O–H groups in total. The molecule has 2 rings (SSSR count). The van der Waals surface area contributed by atoms with E-state index >= 15 is 0 Å². The predicted octanol–water partition coefficient (Wildman–Crippen LogP) is 1.89. The fourth-order valence-electron chi connectivity index (χ4n) is 3.53. The van der Waals surface area contributed by atoms with E-state index in [0.717, 1.165) is 37.1 Å². The molecule has 2 saturated heterocycles. The summed E-state index contributed by atoms with van der Waals surface area (Å²) in [5.74, 6) is -0.376. The maximum Gasteiger partial charge on any atom is 0.325 e. The van der Waals surface area contributed by atoms with Gasteiger partial charge in [0, 0.05) is 12.6 Å². The highest BCUT2D eigenvalue weighted by atomic mass is 16.2. The van der Waals surface area contributed by atoms with Gasteiger partial charge in [-0.3, -0.25) is 14.5 Å². The van der Waals surface area contributed by atoms with E-state index in [1.807, 2.05) is 18.7 Å². The van der Waals surface area contributed by atoms with Gasteiger partial charge in [-0.2, -0.15) is 0 Å². The van der Waals surface area contributed by atoms with Crippen LogP contribution in [0.2, 0.25) is 0 Å². The first kappa shape index (κ1) is 16.8. The largest absolute Gasteiger partial charge is 0.338 e. The van der Waals surface area contributed by atoms with Crippen LogP contribution in [0.1, 0.15) is 59.3 Å². The summed E-state index contributed by atoms with van der Waals surface area (Å²) in [4.78, 5) is 40.1. The highest BCUT2D eigenvalue weighted by Gasteiger charge is 2.49. The van der Waals surface area contributed by atoms with Gasteiger partial charge in [0.15, 0.2) is 0 Å². The Morgan fingerprint density at radius 3 is 2.45 bits per heavy atom. The maximum atomic E-state index is 12.6. The van der Waals surface area contributed by atoms with Crippen LogP contribution in [0.3, 0.4) is 0 Å². The van der Waals surface area contributed by atoms with Gasteiger partial charge in [0.1, 0.15) is 12.1 Å². The number of hydrogen-bond acceptors (Lipinski definition) is 3. The van der Waals surface area contributed by atoms with E-state index in [1.54, 1.807) is 0 Å². The lowest BCUT2D eigenvalue weighted by molar-refractivity contribution is -0.141. The van der Waals surface area contributed by atoms with Crippen LogP contribution < -0.4 is 5.32 Å². The second kappa shape index (κ2) is 6.67. The average Bonchev–Trinajstić information content (AvgIpc) is 2.79. The van der Waals surface area contributed by atoms with Crippen LogP contribution >= 0.6 is 0 Å². The number of nitrogens with zero attached hydrogens (tertiary/aromatic N) is 2. The molecule has 6 nitrogen and oxygen atoms in total. The van der Waals surface area contributed by atoms with E-state index in [1.165, 1.54) is 0 Å². The number of carbonyl (C=O) groups is 3. The summed E-state index contributed by atoms with van der Waals surface area (Å²) in [6, 6.07) is -0.198. The molecular formula is C16H27N3O3. The molecule has 6 heteroatoms. The van der Waals surface area contributed by atoms with Gasteiger partial charge < -0.3 is 10.2 Å². The van der Waals surface area contributed by atoms with Gasteiger partial charge in [-0.25, -0.2) is 4.79 Å². The Bertz CT molecular complexity index is 460. The van der Waals surface area contributed by atoms with Crippen molar-refractivity contribution in [3.05, 3.63) is 0 Å². The Morgan fingerprint density at radius 1 is 1.23 bits per heavy atom. The van der Waals surface area contributed by atoms with Gasteiger partial charge in [0.25, 0.3) is 5.91 Å². The monoisotopic (exact) mass is 309 g/mol. The number of imide groups is 1. The zero-order valence-electron chi connectivity index (χ0n) is 13.9. The van der Waals surface area contributed by atoms with Gasteiger partial charge in [0.05, 0.1) is 0 Å². The summed E-state index contributed by atoms with van der Waals surface area (Å²) in [5.41, 5.74) is -0.830. The number of urea groups is 1. The van der Waals surface area contributed by atoms with Crippen molar-refractivity contribution in [2.75, 3.05) is 13.1 Å². The average molecular weight is 309 g/mol. The van der Waals surface area contributed by atoms with Crippen molar-refractivity contribution in [1.29, 1.82) is 0 Å². The number of nitrogens with one attached hydrogen (secondary N) is 1.